The smallest absolute Gasteiger partial charge is 0.239 e. The topological polar surface area (TPSA) is 32.3 Å². The molecule has 0 bridgehead atoms. The van der Waals surface area contributed by atoms with Crippen LogP contribution in [0, 0.1) is 0 Å². The zero-order chi connectivity index (χ0) is 12.1. The highest BCUT2D eigenvalue weighted by molar-refractivity contribution is 5.82. The third kappa shape index (κ3) is 3.21. The van der Waals surface area contributed by atoms with Crippen LogP contribution >= 0.6 is 0 Å². The predicted molar refractivity (Wildman–Crippen MR) is 69.9 cm³/mol. The van der Waals surface area contributed by atoms with Crippen molar-refractivity contribution in [1.29, 1.82) is 0 Å². The third-order valence-corrected chi connectivity index (χ3v) is 4.34. The number of hydrogen-bond acceptors (Lipinski definition) is 2. The summed E-state index contributed by atoms with van der Waals surface area (Å²) in [6.07, 6.45) is 11.3. The first-order chi connectivity index (χ1) is 8.33. The zero-order valence-corrected chi connectivity index (χ0v) is 11.1. The van der Waals surface area contributed by atoms with Crippen molar-refractivity contribution in [2.24, 2.45) is 0 Å². The van der Waals surface area contributed by atoms with Gasteiger partial charge in [0.05, 0.1) is 6.04 Å². The largest absolute Gasteiger partial charge is 0.338 e. The summed E-state index contributed by atoms with van der Waals surface area (Å²) in [5.41, 5.74) is 0. The summed E-state index contributed by atoms with van der Waals surface area (Å²) in [6.45, 7) is 0.988. The number of hydrogen-bond donors (Lipinski definition) is 1. The molecule has 1 amide bonds. The molecule has 1 saturated carbocycles. The number of likely N-dealkylation sites (tertiary alicyclic amines) is 1. The summed E-state index contributed by atoms with van der Waals surface area (Å²) in [5.74, 6) is 0.351. The van der Waals surface area contributed by atoms with Gasteiger partial charge in [-0.3, -0.25) is 4.79 Å². The normalized spacial score (nSPS) is 28.9. The van der Waals surface area contributed by atoms with Gasteiger partial charge in [-0.05, 0) is 32.7 Å². The van der Waals surface area contributed by atoms with Crippen LogP contribution in [0.2, 0.25) is 0 Å². The summed E-state index contributed by atoms with van der Waals surface area (Å²) >= 11 is 0. The zero-order valence-electron chi connectivity index (χ0n) is 11.1. The first-order valence-electron chi connectivity index (χ1n) is 7.30. The van der Waals surface area contributed by atoms with Gasteiger partial charge in [0, 0.05) is 12.6 Å². The molecule has 1 heterocycles. The number of nitrogens with zero attached hydrogens (tertiary/aromatic N) is 1. The molecule has 1 aliphatic carbocycles. The minimum Gasteiger partial charge on any atom is -0.338 e. The van der Waals surface area contributed by atoms with Crippen LogP contribution in [0.3, 0.4) is 0 Å². The molecule has 0 aromatic carbocycles. The molecule has 0 aromatic heterocycles. The Hall–Kier alpha value is -0.570. The maximum Gasteiger partial charge on any atom is 0.239 e. The summed E-state index contributed by atoms with van der Waals surface area (Å²) in [6, 6.07) is 0.605. The van der Waals surface area contributed by atoms with Crippen molar-refractivity contribution < 1.29 is 4.79 Å². The van der Waals surface area contributed by atoms with E-state index in [1.807, 2.05) is 7.05 Å². The monoisotopic (exact) mass is 238 g/mol. The highest BCUT2D eigenvalue weighted by atomic mass is 16.2. The van der Waals surface area contributed by atoms with E-state index in [0.717, 1.165) is 19.4 Å². The lowest BCUT2D eigenvalue weighted by molar-refractivity contribution is -0.138. The second-order valence-electron chi connectivity index (χ2n) is 5.51. The number of likely N-dealkylation sites (N-methyl/N-ethyl adjacent to an activating group) is 1. The van der Waals surface area contributed by atoms with Crippen LogP contribution in [0.5, 0.6) is 0 Å². The van der Waals surface area contributed by atoms with E-state index in [9.17, 15) is 4.79 Å². The van der Waals surface area contributed by atoms with Crippen molar-refractivity contribution in [3.05, 3.63) is 0 Å². The average molecular weight is 238 g/mol. The van der Waals surface area contributed by atoms with E-state index < -0.39 is 0 Å². The molecule has 1 N–H and O–H groups in total. The van der Waals surface area contributed by atoms with E-state index in [2.05, 4.69) is 10.2 Å². The van der Waals surface area contributed by atoms with Crippen LogP contribution < -0.4 is 5.32 Å². The Morgan fingerprint density at radius 1 is 1.00 bits per heavy atom. The Morgan fingerprint density at radius 2 is 1.65 bits per heavy atom. The second kappa shape index (κ2) is 6.39. The van der Waals surface area contributed by atoms with Crippen LogP contribution in [0.1, 0.15) is 57.8 Å². The molecule has 1 saturated heterocycles. The van der Waals surface area contributed by atoms with Crippen molar-refractivity contribution in [3.63, 3.8) is 0 Å². The fourth-order valence-electron chi connectivity index (χ4n) is 3.28. The molecule has 1 unspecified atom stereocenters. The second-order valence-corrected chi connectivity index (χ2v) is 5.51. The molecule has 98 valence electrons. The Labute approximate surface area is 105 Å². The fraction of sp³-hybridized carbons (Fsp3) is 0.929. The number of rotatable bonds is 2. The lowest BCUT2D eigenvalue weighted by Gasteiger charge is -2.38. The van der Waals surface area contributed by atoms with E-state index in [-0.39, 0.29) is 6.04 Å². The first-order valence-corrected chi connectivity index (χ1v) is 7.30. The molecule has 2 rings (SSSR count). The molecule has 2 fully saturated rings. The minimum atomic E-state index is 0.0780. The lowest BCUT2D eigenvalue weighted by atomic mass is 9.93. The van der Waals surface area contributed by atoms with Crippen molar-refractivity contribution in [1.82, 2.24) is 10.2 Å². The van der Waals surface area contributed by atoms with Gasteiger partial charge in [-0.1, -0.05) is 32.1 Å². The summed E-state index contributed by atoms with van der Waals surface area (Å²) in [7, 11) is 1.91. The lowest BCUT2D eigenvalue weighted by Crippen LogP contribution is -2.53. The van der Waals surface area contributed by atoms with E-state index in [1.165, 1.54) is 44.9 Å². The Kier molecular flexibility index (Phi) is 4.84. The Balaban J connectivity index is 1.96. The minimum absolute atomic E-state index is 0.0780. The SMILES string of the molecule is CNC1CCCN(C2CCCCCCC2)C1=O. The van der Waals surface area contributed by atoms with Crippen LogP contribution in [0.25, 0.3) is 0 Å². The highest BCUT2D eigenvalue weighted by Crippen LogP contribution is 2.24. The van der Waals surface area contributed by atoms with Gasteiger partial charge < -0.3 is 10.2 Å². The summed E-state index contributed by atoms with van der Waals surface area (Å²) in [5, 5.41) is 3.16. The molecule has 0 aromatic rings. The van der Waals surface area contributed by atoms with Gasteiger partial charge in [0.2, 0.25) is 5.91 Å². The molecular weight excluding hydrogens is 212 g/mol. The third-order valence-electron chi connectivity index (χ3n) is 4.34. The molecule has 1 atom stereocenters. The molecule has 17 heavy (non-hydrogen) atoms. The van der Waals surface area contributed by atoms with Crippen molar-refractivity contribution in [3.8, 4) is 0 Å². The van der Waals surface area contributed by atoms with Gasteiger partial charge in [0.15, 0.2) is 0 Å². The maximum absolute atomic E-state index is 12.3. The Bertz CT molecular complexity index is 247. The molecule has 0 spiro atoms. The number of amides is 1. The van der Waals surface area contributed by atoms with Gasteiger partial charge >= 0.3 is 0 Å². The van der Waals surface area contributed by atoms with Crippen molar-refractivity contribution in [2.75, 3.05) is 13.6 Å². The molecular formula is C14H26N2O. The van der Waals surface area contributed by atoms with E-state index >= 15 is 0 Å². The van der Waals surface area contributed by atoms with Crippen LogP contribution in [-0.4, -0.2) is 36.5 Å². The number of nitrogens with one attached hydrogen (secondary N) is 1. The average Bonchev–Trinajstić information content (AvgIpc) is 2.30. The first kappa shape index (κ1) is 12.9. The van der Waals surface area contributed by atoms with Crippen LogP contribution in [0.15, 0.2) is 0 Å². The molecule has 0 radical (unpaired) electrons. The molecule has 2 aliphatic rings. The quantitative estimate of drug-likeness (QED) is 0.800. The van der Waals surface area contributed by atoms with Gasteiger partial charge in [-0.25, -0.2) is 0 Å². The number of carbonyl (C=O) groups excluding carboxylic acids is 1. The highest BCUT2D eigenvalue weighted by Gasteiger charge is 2.31. The molecule has 1 aliphatic heterocycles. The van der Waals surface area contributed by atoms with Gasteiger partial charge in [-0.2, -0.15) is 0 Å². The maximum atomic E-state index is 12.3. The summed E-state index contributed by atoms with van der Waals surface area (Å²) in [4.78, 5) is 14.5. The standard InChI is InChI=1S/C14H26N2O/c1-15-13-10-7-11-16(14(13)17)12-8-5-3-2-4-6-9-12/h12-13,15H,2-11H2,1H3. The van der Waals surface area contributed by atoms with Crippen LogP contribution in [-0.2, 0) is 4.79 Å². The van der Waals surface area contributed by atoms with E-state index in [0.29, 0.717) is 11.9 Å². The fourth-order valence-corrected chi connectivity index (χ4v) is 3.28. The summed E-state index contributed by atoms with van der Waals surface area (Å²) < 4.78 is 0. The van der Waals surface area contributed by atoms with Crippen molar-refractivity contribution in [2.45, 2.75) is 69.9 Å². The molecule has 3 nitrogen and oxygen atoms in total. The van der Waals surface area contributed by atoms with Gasteiger partial charge in [0.1, 0.15) is 0 Å². The van der Waals surface area contributed by atoms with Crippen LogP contribution in [0.4, 0.5) is 0 Å². The van der Waals surface area contributed by atoms with Gasteiger partial charge in [-0.15, -0.1) is 0 Å². The Morgan fingerprint density at radius 3 is 2.29 bits per heavy atom. The molecule has 3 heteroatoms. The van der Waals surface area contributed by atoms with E-state index in [4.69, 9.17) is 0 Å². The van der Waals surface area contributed by atoms with E-state index in [1.54, 1.807) is 0 Å². The van der Waals surface area contributed by atoms with Gasteiger partial charge in [0.25, 0.3) is 0 Å². The van der Waals surface area contributed by atoms with Crippen molar-refractivity contribution >= 4 is 5.91 Å². The predicted octanol–water partition coefficient (Wildman–Crippen LogP) is 2.31. The number of carbonyl (C=O) groups is 1. The number of piperidine rings is 1.